The van der Waals surface area contributed by atoms with E-state index < -0.39 is 27.5 Å². The van der Waals surface area contributed by atoms with Crippen LogP contribution in [0.15, 0.2) is 5.38 Å². The van der Waals surface area contributed by atoms with Crippen LogP contribution in [0.5, 0.6) is 0 Å². The van der Waals surface area contributed by atoms with Crippen molar-refractivity contribution in [3.63, 3.8) is 0 Å². The Hall–Kier alpha value is -1.49. The molecule has 0 atom stereocenters. The van der Waals surface area contributed by atoms with Gasteiger partial charge in [0.1, 0.15) is 10.8 Å². The minimum absolute atomic E-state index is 0.0829. The molecule has 2 aromatic heterocycles. The summed E-state index contributed by atoms with van der Waals surface area (Å²) < 4.78 is 63.2. The summed E-state index contributed by atoms with van der Waals surface area (Å²) in [4.78, 5) is 3.34. The number of thiazole rings is 1. The molecule has 0 aromatic carbocycles. The van der Waals surface area contributed by atoms with Crippen molar-refractivity contribution in [2.75, 3.05) is 0 Å². The van der Waals surface area contributed by atoms with Crippen LogP contribution in [0.25, 0.3) is 0 Å². The first-order valence-electron chi connectivity index (χ1n) is 6.23. The minimum atomic E-state index is -4.57. The molecule has 11 heteroatoms. The van der Waals surface area contributed by atoms with Crippen LogP contribution < -0.4 is 0 Å². The van der Waals surface area contributed by atoms with Gasteiger partial charge in [0, 0.05) is 11.9 Å². The average molecular weight is 354 g/mol. The number of rotatable bonds is 5. The first kappa shape index (κ1) is 16.9. The molecule has 0 aliphatic carbocycles. The molecule has 0 aliphatic rings. The molecule has 122 valence electrons. The zero-order chi connectivity index (χ0) is 16.5. The van der Waals surface area contributed by atoms with Gasteiger partial charge in [-0.05, 0) is 13.8 Å². The maximum absolute atomic E-state index is 12.5. The molecule has 0 spiro atoms. The Bertz CT molecular complexity index is 765. The molecule has 0 unspecified atom stereocenters. The fraction of sp³-hybridized carbons (Fsp3) is 0.545. The predicted octanol–water partition coefficient (Wildman–Crippen LogP) is 2.20. The van der Waals surface area contributed by atoms with Crippen molar-refractivity contribution in [3.05, 3.63) is 27.5 Å². The van der Waals surface area contributed by atoms with Crippen molar-refractivity contribution < 1.29 is 21.6 Å². The van der Waals surface area contributed by atoms with Gasteiger partial charge in [-0.25, -0.2) is 18.1 Å². The van der Waals surface area contributed by atoms with Crippen LogP contribution in [-0.4, -0.2) is 28.4 Å². The van der Waals surface area contributed by atoms with Crippen LogP contribution in [0, 0.1) is 6.92 Å². The summed E-state index contributed by atoms with van der Waals surface area (Å²) in [7, 11) is -3.67. The molecular weight excluding hydrogens is 341 g/mol. The summed E-state index contributed by atoms with van der Waals surface area (Å²) in [5.74, 6) is -0.872. The van der Waals surface area contributed by atoms with E-state index in [1.165, 1.54) is 4.68 Å². The Balaban J connectivity index is 2.18. The summed E-state index contributed by atoms with van der Waals surface area (Å²) >= 11 is 0.682. The lowest BCUT2D eigenvalue weighted by Gasteiger charge is -2.05. The topological polar surface area (TPSA) is 77.7 Å². The minimum Gasteiger partial charge on any atom is -0.248 e. The highest BCUT2D eigenvalue weighted by molar-refractivity contribution is 7.89. The number of hydrogen-bond donors (Lipinski definition) is 0. The van der Waals surface area contributed by atoms with Crippen molar-refractivity contribution in [2.24, 2.45) is 0 Å². The van der Waals surface area contributed by atoms with Gasteiger partial charge in [-0.1, -0.05) is 5.21 Å². The van der Waals surface area contributed by atoms with Gasteiger partial charge in [-0.3, -0.25) is 0 Å². The van der Waals surface area contributed by atoms with E-state index in [4.69, 9.17) is 0 Å². The van der Waals surface area contributed by atoms with Gasteiger partial charge in [0.05, 0.1) is 17.1 Å². The van der Waals surface area contributed by atoms with Crippen LogP contribution in [0.1, 0.15) is 29.0 Å². The summed E-state index contributed by atoms with van der Waals surface area (Å²) in [5, 5.41) is 8.33. The Kier molecular flexibility index (Phi) is 4.57. The standard InChI is InChI=1S/C11H13F3N4O2S2/c1-3-18-8(7(2)16-17-18)5-22(19,20)6-10-15-9(4-21-10)11(12,13)14/h4H,3,5-6H2,1-2H3. The molecule has 0 bridgehead atoms. The van der Waals surface area contributed by atoms with Gasteiger partial charge in [-0.2, -0.15) is 13.2 Å². The molecule has 0 N–H and O–H groups in total. The lowest BCUT2D eigenvalue weighted by molar-refractivity contribution is -0.140. The lowest BCUT2D eigenvalue weighted by Crippen LogP contribution is -2.13. The van der Waals surface area contributed by atoms with Crippen LogP contribution in [0.4, 0.5) is 13.2 Å². The molecule has 6 nitrogen and oxygen atoms in total. The molecule has 0 fully saturated rings. The van der Waals surface area contributed by atoms with Crippen molar-refractivity contribution >= 4 is 21.2 Å². The Morgan fingerprint density at radius 2 is 2.00 bits per heavy atom. The zero-order valence-corrected chi connectivity index (χ0v) is 13.4. The second kappa shape index (κ2) is 5.95. The fourth-order valence-electron chi connectivity index (χ4n) is 1.81. The van der Waals surface area contributed by atoms with Gasteiger partial charge >= 0.3 is 6.18 Å². The normalized spacial score (nSPS) is 12.8. The summed E-state index contributed by atoms with van der Waals surface area (Å²) in [5.41, 5.74) is -0.144. The highest BCUT2D eigenvalue weighted by atomic mass is 32.2. The van der Waals surface area contributed by atoms with Crippen LogP contribution >= 0.6 is 11.3 Å². The number of alkyl halides is 3. The third-order valence-corrected chi connectivity index (χ3v) is 5.33. The van der Waals surface area contributed by atoms with E-state index in [1.807, 2.05) is 0 Å². The second-order valence-corrected chi connectivity index (χ2v) is 7.60. The van der Waals surface area contributed by atoms with E-state index >= 15 is 0 Å². The quantitative estimate of drug-likeness (QED) is 0.823. The van der Waals surface area contributed by atoms with Crippen LogP contribution in [-0.2, 0) is 34.1 Å². The molecule has 0 radical (unpaired) electrons. The van der Waals surface area contributed by atoms with Gasteiger partial charge < -0.3 is 0 Å². The number of aromatic nitrogens is 4. The number of sulfone groups is 1. The number of hydrogen-bond acceptors (Lipinski definition) is 6. The van der Waals surface area contributed by atoms with Gasteiger partial charge in [0.2, 0.25) is 0 Å². The van der Waals surface area contributed by atoms with E-state index in [0.717, 1.165) is 5.38 Å². The van der Waals surface area contributed by atoms with Crippen molar-refractivity contribution in [1.29, 1.82) is 0 Å². The molecule has 2 rings (SSSR count). The van der Waals surface area contributed by atoms with Gasteiger partial charge in [0.15, 0.2) is 15.5 Å². The average Bonchev–Trinajstić information content (AvgIpc) is 2.96. The zero-order valence-electron chi connectivity index (χ0n) is 11.8. The van der Waals surface area contributed by atoms with Gasteiger partial charge in [-0.15, -0.1) is 16.4 Å². The fourth-order valence-corrected chi connectivity index (χ4v) is 4.52. The summed E-state index contributed by atoms with van der Waals surface area (Å²) in [6.45, 7) is 3.89. The Morgan fingerprint density at radius 3 is 2.55 bits per heavy atom. The molecule has 0 aliphatic heterocycles. The van der Waals surface area contributed by atoms with Gasteiger partial charge in [0.25, 0.3) is 0 Å². The number of halogens is 3. The van der Waals surface area contributed by atoms with E-state index in [2.05, 4.69) is 15.3 Å². The first-order chi connectivity index (χ1) is 10.1. The highest BCUT2D eigenvalue weighted by Crippen LogP contribution is 2.30. The molecule has 2 heterocycles. The third kappa shape index (κ3) is 3.83. The van der Waals surface area contributed by atoms with Crippen molar-refractivity contribution in [1.82, 2.24) is 20.0 Å². The highest BCUT2D eigenvalue weighted by Gasteiger charge is 2.34. The van der Waals surface area contributed by atoms with Crippen molar-refractivity contribution in [2.45, 2.75) is 38.1 Å². The molecule has 2 aromatic rings. The largest absolute Gasteiger partial charge is 0.434 e. The molecule has 0 saturated heterocycles. The van der Waals surface area contributed by atoms with Crippen LogP contribution in [0.3, 0.4) is 0 Å². The lowest BCUT2D eigenvalue weighted by atomic mass is 10.4. The number of aryl methyl sites for hydroxylation is 2. The summed E-state index contributed by atoms with van der Waals surface area (Å²) in [6.07, 6.45) is -4.57. The van der Waals surface area contributed by atoms with Crippen molar-refractivity contribution in [3.8, 4) is 0 Å². The van der Waals surface area contributed by atoms with E-state index in [0.29, 0.717) is 29.3 Å². The Morgan fingerprint density at radius 1 is 1.32 bits per heavy atom. The monoisotopic (exact) mass is 354 g/mol. The van der Waals surface area contributed by atoms with E-state index in [9.17, 15) is 21.6 Å². The number of nitrogens with zero attached hydrogens (tertiary/aromatic N) is 4. The maximum Gasteiger partial charge on any atom is 0.434 e. The van der Waals surface area contributed by atoms with E-state index in [-0.39, 0.29) is 10.8 Å². The van der Waals surface area contributed by atoms with Crippen LogP contribution in [0.2, 0.25) is 0 Å². The Labute approximate surface area is 128 Å². The summed E-state index contributed by atoms with van der Waals surface area (Å²) in [6, 6.07) is 0. The predicted molar refractivity (Wildman–Crippen MR) is 73.9 cm³/mol. The maximum atomic E-state index is 12.5. The molecule has 0 saturated carbocycles. The smallest absolute Gasteiger partial charge is 0.248 e. The molecule has 0 amide bonds. The molecular formula is C11H13F3N4O2S2. The SMILES string of the molecule is CCn1nnc(C)c1CS(=O)(=O)Cc1nc(C(F)(F)F)cs1. The first-order valence-corrected chi connectivity index (χ1v) is 8.93. The van der Waals surface area contributed by atoms with E-state index in [1.54, 1.807) is 13.8 Å². The molecule has 22 heavy (non-hydrogen) atoms. The second-order valence-electron chi connectivity index (χ2n) is 4.59. The third-order valence-electron chi connectivity index (χ3n) is 2.87.